The highest BCUT2D eigenvalue weighted by atomic mass is 16.4. The van der Waals surface area contributed by atoms with E-state index in [2.05, 4.69) is 25.3 Å². The van der Waals surface area contributed by atoms with Crippen molar-refractivity contribution in [2.24, 2.45) is 7.05 Å². The minimum Gasteiger partial charge on any atom is -0.478 e. The van der Waals surface area contributed by atoms with Crippen LogP contribution in [0.1, 0.15) is 58.9 Å². The van der Waals surface area contributed by atoms with Crippen molar-refractivity contribution >= 4 is 11.9 Å². The van der Waals surface area contributed by atoms with E-state index in [-0.39, 0.29) is 29.6 Å². The van der Waals surface area contributed by atoms with Crippen LogP contribution in [0.2, 0.25) is 0 Å². The molecule has 160 valence electrons. The Balaban J connectivity index is 1.34. The molecule has 2 unspecified atom stereocenters. The number of amides is 1. The van der Waals surface area contributed by atoms with Crippen LogP contribution in [0.25, 0.3) is 11.4 Å². The van der Waals surface area contributed by atoms with Crippen LogP contribution in [0.4, 0.5) is 0 Å². The summed E-state index contributed by atoms with van der Waals surface area (Å²) in [5, 5.41) is 21.7. The first kappa shape index (κ1) is 19.4. The van der Waals surface area contributed by atoms with Gasteiger partial charge in [0.2, 0.25) is 0 Å². The fourth-order valence-electron chi connectivity index (χ4n) is 4.83. The van der Waals surface area contributed by atoms with Gasteiger partial charge in [-0.15, -0.1) is 5.10 Å². The van der Waals surface area contributed by atoms with E-state index in [9.17, 15) is 9.59 Å². The Morgan fingerprint density at radius 3 is 2.39 bits per heavy atom. The standard InChI is InChI=1S/C21H23N7O3/c1-26-11-14(10-23-26)20(29)28-15-3-2-4-16(28)8-17(7-15)27-12-19(24-25-27)18-6-5-13(9-22-18)21(30)31/h5-6,9-12,15-17H,2-4,7-8H2,1H3,(H,30,31). The number of fused-ring (bicyclic) bond motifs is 2. The molecule has 2 bridgehead atoms. The van der Waals surface area contributed by atoms with Gasteiger partial charge < -0.3 is 10.0 Å². The predicted octanol–water partition coefficient (Wildman–Crippen LogP) is 2.17. The molecule has 1 amide bonds. The largest absolute Gasteiger partial charge is 0.478 e. The lowest BCUT2D eigenvalue weighted by Gasteiger charge is -2.48. The van der Waals surface area contributed by atoms with Crippen molar-refractivity contribution in [3.63, 3.8) is 0 Å². The van der Waals surface area contributed by atoms with Crippen LogP contribution in [-0.2, 0) is 7.05 Å². The normalized spacial score (nSPS) is 23.0. The number of carbonyl (C=O) groups excluding carboxylic acids is 1. The Bertz CT molecular complexity index is 1110. The fraction of sp³-hybridized carbons (Fsp3) is 0.429. The first-order valence-electron chi connectivity index (χ1n) is 10.4. The molecule has 10 heteroatoms. The highest BCUT2D eigenvalue weighted by molar-refractivity contribution is 5.94. The molecule has 0 spiro atoms. The first-order valence-corrected chi connectivity index (χ1v) is 10.4. The number of aromatic nitrogens is 6. The van der Waals surface area contributed by atoms with Crippen molar-refractivity contribution in [1.29, 1.82) is 0 Å². The summed E-state index contributed by atoms with van der Waals surface area (Å²) in [5.74, 6) is -0.954. The number of pyridine rings is 1. The van der Waals surface area contributed by atoms with Gasteiger partial charge in [0.1, 0.15) is 5.69 Å². The zero-order chi connectivity index (χ0) is 21.5. The zero-order valence-electron chi connectivity index (χ0n) is 17.1. The number of aryl methyl sites for hydroxylation is 1. The maximum atomic E-state index is 13.1. The van der Waals surface area contributed by atoms with E-state index >= 15 is 0 Å². The smallest absolute Gasteiger partial charge is 0.337 e. The molecule has 2 aliphatic rings. The molecule has 5 rings (SSSR count). The fourth-order valence-corrected chi connectivity index (χ4v) is 4.83. The lowest BCUT2D eigenvalue weighted by molar-refractivity contribution is 0.0143. The lowest BCUT2D eigenvalue weighted by atomic mass is 9.81. The van der Waals surface area contributed by atoms with Gasteiger partial charge in [0.05, 0.1) is 35.3 Å². The SMILES string of the molecule is Cn1cc(C(=O)N2C3CCCC2CC(n2cc(-c4ccc(C(=O)O)cn4)nn2)C3)cn1. The molecule has 3 aromatic rings. The average Bonchev–Trinajstić information content (AvgIpc) is 3.42. The second-order valence-electron chi connectivity index (χ2n) is 8.30. The van der Waals surface area contributed by atoms with Crippen molar-refractivity contribution in [3.8, 4) is 11.4 Å². The minimum atomic E-state index is -1.01. The molecule has 2 aliphatic heterocycles. The first-order chi connectivity index (χ1) is 15.0. The second kappa shape index (κ2) is 7.60. The van der Waals surface area contributed by atoms with Crippen LogP contribution in [-0.4, -0.2) is 63.7 Å². The van der Waals surface area contributed by atoms with Crippen molar-refractivity contribution < 1.29 is 14.7 Å². The van der Waals surface area contributed by atoms with E-state index in [0.717, 1.165) is 32.1 Å². The molecule has 1 N–H and O–H groups in total. The number of hydrogen-bond acceptors (Lipinski definition) is 6. The summed E-state index contributed by atoms with van der Waals surface area (Å²) in [7, 11) is 1.82. The molecule has 2 fully saturated rings. The van der Waals surface area contributed by atoms with Gasteiger partial charge in [-0.1, -0.05) is 5.21 Å². The molecule has 0 aliphatic carbocycles. The molecule has 10 nitrogen and oxygen atoms in total. The number of piperidine rings is 2. The highest BCUT2D eigenvalue weighted by Gasteiger charge is 2.42. The Hall–Kier alpha value is -3.56. The number of aromatic carboxylic acids is 1. The molecular weight excluding hydrogens is 398 g/mol. The molecule has 3 aromatic heterocycles. The Kier molecular flexibility index (Phi) is 4.76. The summed E-state index contributed by atoms with van der Waals surface area (Å²) in [6, 6.07) is 3.66. The topological polar surface area (TPSA) is 119 Å². The van der Waals surface area contributed by atoms with E-state index < -0.39 is 5.97 Å². The van der Waals surface area contributed by atoms with Crippen LogP contribution < -0.4 is 0 Å². The summed E-state index contributed by atoms with van der Waals surface area (Å²) in [6.45, 7) is 0. The summed E-state index contributed by atoms with van der Waals surface area (Å²) < 4.78 is 3.53. The van der Waals surface area contributed by atoms with Gasteiger partial charge in [-0.05, 0) is 44.2 Å². The van der Waals surface area contributed by atoms with E-state index in [0.29, 0.717) is 17.0 Å². The van der Waals surface area contributed by atoms with Gasteiger partial charge in [-0.3, -0.25) is 14.5 Å². The summed E-state index contributed by atoms with van der Waals surface area (Å²) in [6.07, 6.45) is 11.4. The maximum Gasteiger partial charge on any atom is 0.337 e. The second-order valence-corrected chi connectivity index (χ2v) is 8.30. The summed E-state index contributed by atoms with van der Waals surface area (Å²) in [5.41, 5.74) is 1.96. The number of carbonyl (C=O) groups is 2. The Morgan fingerprint density at radius 1 is 1.00 bits per heavy atom. The predicted molar refractivity (Wildman–Crippen MR) is 109 cm³/mol. The highest BCUT2D eigenvalue weighted by Crippen LogP contribution is 2.40. The van der Waals surface area contributed by atoms with Crippen molar-refractivity contribution in [1.82, 2.24) is 34.7 Å². The third-order valence-electron chi connectivity index (χ3n) is 6.29. The summed E-state index contributed by atoms with van der Waals surface area (Å²) in [4.78, 5) is 30.4. The van der Waals surface area contributed by atoms with E-state index in [4.69, 9.17) is 5.11 Å². The number of hydrogen-bond donors (Lipinski definition) is 1. The van der Waals surface area contributed by atoms with E-state index in [1.165, 1.54) is 12.3 Å². The Labute approximate surface area is 178 Å². The van der Waals surface area contributed by atoms with Gasteiger partial charge in [0, 0.05) is 31.5 Å². The van der Waals surface area contributed by atoms with Gasteiger partial charge in [-0.25, -0.2) is 9.48 Å². The summed E-state index contributed by atoms with van der Waals surface area (Å²) >= 11 is 0. The van der Waals surface area contributed by atoms with Crippen LogP contribution in [0.5, 0.6) is 0 Å². The molecular formula is C21H23N7O3. The molecule has 2 saturated heterocycles. The number of carboxylic acids is 1. The number of nitrogens with zero attached hydrogens (tertiary/aromatic N) is 7. The van der Waals surface area contributed by atoms with Crippen molar-refractivity contribution in [2.45, 2.75) is 50.2 Å². The van der Waals surface area contributed by atoms with Gasteiger partial charge in [0.15, 0.2) is 0 Å². The van der Waals surface area contributed by atoms with Crippen molar-refractivity contribution in [2.75, 3.05) is 0 Å². The van der Waals surface area contributed by atoms with Gasteiger partial charge in [-0.2, -0.15) is 5.10 Å². The monoisotopic (exact) mass is 421 g/mol. The number of rotatable bonds is 4. The molecule has 31 heavy (non-hydrogen) atoms. The van der Waals surface area contributed by atoms with Gasteiger partial charge in [0.25, 0.3) is 5.91 Å². The quantitative estimate of drug-likeness (QED) is 0.686. The van der Waals surface area contributed by atoms with Crippen LogP contribution in [0.15, 0.2) is 36.9 Å². The molecule has 0 radical (unpaired) electrons. The van der Waals surface area contributed by atoms with E-state index in [1.54, 1.807) is 23.1 Å². The van der Waals surface area contributed by atoms with Crippen molar-refractivity contribution in [3.05, 3.63) is 48.0 Å². The van der Waals surface area contributed by atoms with Gasteiger partial charge >= 0.3 is 5.97 Å². The minimum absolute atomic E-state index is 0.0586. The molecule has 2 atom stereocenters. The van der Waals surface area contributed by atoms with Crippen LogP contribution >= 0.6 is 0 Å². The lowest BCUT2D eigenvalue weighted by Crippen LogP contribution is -2.54. The van der Waals surface area contributed by atoms with E-state index in [1.807, 2.05) is 17.9 Å². The number of carboxylic acid groups (broad SMARTS) is 1. The third kappa shape index (κ3) is 3.58. The average molecular weight is 421 g/mol. The zero-order valence-corrected chi connectivity index (χ0v) is 17.1. The maximum absolute atomic E-state index is 13.1. The Morgan fingerprint density at radius 2 is 1.77 bits per heavy atom. The third-order valence-corrected chi connectivity index (χ3v) is 6.29. The van der Waals surface area contributed by atoms with Crippen LogP contribution in [0.3, 0.4) is 0 Å². The molecule has 0 aromatic carbocycles. The molecule has 0 saturated carbocycles. The molecule has 5 heterocycles. The van der Waals surface area contributed by atoms with Crippen LogP contribution in [0, 0.1) is 0 Å².